The van der Waals surface area contributed by atoms with Crippen molar-refractivity contribution >= 4 is 10.0 Å². The van der Waals surface area contributed by atoms with Crippen molar-refractivity contribution in [3.63, 3.8) is 0 Å². The predicted octanol–water partition coefficient (Wildman–Crippen LogP) is 2.08. The monoisotopic (exact) mass is 399 g/mol. The molecule has 148 valence electrons. The molecule has 8 nitrogen and oxygen atoms in total. The van der Waals surface area contributed by atoms with Crippen molar-refractivity contribution < 1.29 is 26.8 Å². The van der Waals surface area contributed by atoms with E-state index in [9.17, 15) is 12.8 Å². The Balaban J connectivity index is 1.55. The van der Waals surface area contributed by atoms with Gasteiger partial charge in [0.15, 0.2) is 17.4 Å². The highest BCUT2D eigenvalue weighted by Crippen LogP contribution is 2.32. The molecule has 0 unspecified atom stereocenters. The van der Waals surface area contributed by atoms with Gasteiger partial charge in [0.25, 0.3) is 5.89 Å². The second-order valence-corrected chi connectivity index (χ2v) is 8.39. The highest BCUT2D eigenvalue weighted by molar-refractivity contribution is 7.88. The lowest BCUT2D eigenvalue weighted by molar-refractivity contribution is 0.0169. The first-order valence-corrected chi connectivity index (χ1v) is 10.5. The van der Waals surface area contributed by atoms with Crippen LogP contribution in [0, 0.1) is 12.7 Å². The standard InChI is InChI=1S/C17H22FN3O5S/c1-12-19-17(26-20-12)16-8-7-13(25-16)11-21(27(2,22)23)9-10-24-15-6-4-3-5-14(15)18/h3-6,13,16H,7-11H2,1-2H3/t13-,16+/m1/s1. The maximum Gasteiger partial charge on any atom is 0.255 e. The summed E-state index contributed by atoms with van der Waals surface area (Å²) >= 11 is 0. The predicted molar refractivity (Wildman–Crippen MR) is 94.2 cm³/mol. The Morgan fingerprint density at radius 1 is 1.33 bits per heavy atom. The SMILES string of the molecule is Cc1noc([C@@H]2CC[C@H](CN(CCOc3ccccc3F)S(C)(=O)=O)O2)n1. The molecule has 0 radical (unpaired) electrons. The van der Waals surface area contributed by atoms with Crippen LogP contribution >= 0.6 is 0 Å². The number of hydrogen-bond donors (Lipinski definition) is 0. The molecule has 1 saturated heterocycles. The number of halogens is 1. The number of para-hydroxylation sites is 1. The minimum absolute atomic E-state index is 0.0347. The average molecular weight is 399 g/mol. The van der Waals surface area contributed by atoms with Crippen molar-refractivity contribution in [2.24, 2.45) is 0 Å². The van der Waals surface area contributed by atoms with Gasteiger partial charge in [-0.15, -0.1) is 0 Å². The minimum atomic E-state index is -3.47. The van der Waals surface area contributed by atoms with Crippen LogP contribution in [0.5, 0.6) is 5.75 Å². The Kier molecular flexibility index (Phi) is 6.08. The first-order valence-electron chi connectivity index (χ1n) is 8.61. The molecule has 0 aliphatic carbocycles. The second kappa shape index (κ2) is 8.32. The molecule has 2 heterocycles. The first kappa shape index (κ1) is 19.7. The fourth-order valence-corrected chi connectivity index (χ4v) is 3.75. The van der Waals surface area contributed by atoms with Gasteiger partial charge >= 0.3 is 0 Å². The molecule has 0 bridgehead atoms. The van der Waals surface area contributed by atoms with Crippen molar-refractivity contribution in [3.05, 3.63) is 41.8 Å². The van der Waals surface area contributed by atoms with E-state index in [4.69, 9.17) is 14.0 Å². The van der Waals surface area contributed by atoms with Gasteiger partial charge in [-0.2, -0.15) is 9.29 Å². The van der Waals surface area contributed by atoms with Crippen molar-refractivity contribution in [1.29, 1.82) is 0 Å². The van der Waals surface area contributed by atoms with Crippen LogP contribution in [0.25, 0.3) is 0 Å². The summed E-state index contributed by atoms with van der Waals surface area (Å²) in [7, 11) is -3.47. The lowest BCUT2D eigenvalue weighted by Crippen LogP contribution is -2.39. The van der Waals surface area contributed by atoms with E-state index in [1.54, 1.807) is 19.1 Å². The number of sulfonamides is 1. The molecule has 0 N–H and O–H groups in total. The number of nitrogens with zero attached hydrogens (tertiary/aromatic N) is 3. The number of ether oxygens (including phenoxy) is 2. The average Bonchev–Trinajstić information content (AvgIpc) is 3.23. The first-order chi connectivity index (χ1) is 12.8. The van der Waals surface area contributed by atoms with E-state index >= 15 is 0 Å². The van der Waals surface area contributed by atoms with Crippen LogP contribution in [-0.4, -0.2) is 54.9 Å². The fraction of sp³-hybridized carbons (Fsp3) is 0.529. The molecule has 10 heteroatoms. The summed E-state index contributed by atoms with van der Waals surface area (Å²) in [4.78, 5) is 4.16. The molecule has 2 atom stereocenters. The molecular formula is C17H22FN3O5S. The minimum Gasteiger partial charge on any atom is -0.489 e. The fourth-order valence-electron chi connectivity index (χ4n) is 2.90. The highest BCUT2D eigenvalue weighted by atomic mass is 32.2. The van der Waals surface area contributed by atoms with Crippen molar-refractivity contribution in [2.45, 2.75) is 32.0 Å². The summed E-state index contributed by atoms with van der Waals surface area (Å²) in [5.74, 6) is 0.541. The summed E-state index contributed by atoms with van der Waals surface area (Å²) in [5.41, 5.74) is 0. The van der Waals surface area contributed by atoms with Crippen LogP contribution < -0.4 is 4.74 Å². The summed E-state index contributed by atoms with van der Waals surface area (Å²) in [6.07, 6.45) is 1.86. The summed E-state index contributed by atoms with van der Waals surface area (Å²) in [6.45, 7) is 2.04. The Morgan fingerprint density at radius 2 is 2.11 bits per heavy atom. The van der Waals surface area contributed by atoms with Crippen LogP contribution in [0.2, 0.25) is 0 Å². The zero-order valence-corrected chi connectivity index (χ0v) is 16.0. The van der Waals surface area contributed by atoms with Crippen LogP contribution in [0.3, 0.4) is 0 Å². The topological polar surface area (TPSA) is 94.8 Å². The van der Waals surface area contributed by atoms with E-state index in [1.807, 2.05) is 0 Å². The lowest BCUT2D eigenvalue weighted by Gasteiger charge is -2.23. The Morgan fingerprint density at radius 3 is 2.78 bits per heavy atom. The van der Waals surface area contributed by atoms with Crippen LogP contribution in [-0.2, 0) is 14.8 Å². The lowest BCUT2D eigenvalue weighted by atomic mass is 10.2. The van der Waals surface area contributed by atoms with Crippen LogP contribution in [0.15, 0.2) is 28.8 Å². The van der Waals surface area contributed by atoms with E-state index < -0.39 is 15.8 Å². The summed E-state index contributed by atoms with van der Waals surface area (Å²) in [5, 5.41) is 3.74. The third-order valence-electron chi connectivity index (χ3n) is 4.24. The van der Waals surface area contributed by atoms with Gasteiger partial charge in [-0.3, -0.25) is 0 Å². The molecule has 1 aromatic heterocycles. The highest BCUT2D eigenvalue weighted by Gasteiger charge is 2.33. The van der Waals surface area contributed by atoms with Crippen molar-refractivity contribution in [1.82, 2.24) is 14.4 Å². The third kappa shape index (κ3) is 5.24. The van der Waals surface area contributed by atoms with Crippen molar-refractivity contribution in [3.8, 4) is 5.75 Å². The Labute approximate surface area is 157 Å². The van der Waals surface area contributed by atoms with Gasteiger partial charge in [0, 0.05) is 13.1 Å². The third-order valence-corrected chi connectivity index (χ3v) is 5.51. The molecule has 1 aromatic carbocycles. The molecular weight excluding hydrogens is 377 g/mol. The zero-order valence-electron chi connectivity index (χ0n) is 15.2. The van der Waals surface area contributed by atoms with Gasteiger partial charge in [0.2, 0.25) is 10.0 Å². The molecule has 2 aromatic rings. The van der Waals surface area contributed by atoms with Gasteiger partial charge in [-0.25, -0.2) is 12.8 Å². The molecule has 0 amide bonds. The molecule has 0 saturated carbocycles. The zero-order chi connectivity index (χ0) is 19.4. The van der Waals surface area contributed by atoms with Gasteiger partial charge in [-0.1, -0.05) is 17.3 Å². The van der Waals surface area contributed by atoms with E-state index in [0.717, 1.165) is 6.26 Å². The maximum absolute atomic E-state index is 13.6. The molecule has 1 aliphatic rings. The molecule has 1 fully saturated rings. The van der Waals surface area contributed by atoms with E-state index in [1.165, 1.54) is 16.4 Å². The van der Waals surface area contributed by atoms with Crippen LogP contribution in [0.1, 0.15) is 30.7 Å². The smallest absolute Gasteiger partial charge is 0.255 e. The molecule has 27 heavy (non-hydrogen) atoms. The van der Waals surface area contributed by atoms with E-state index in [-0.39, 0.29) is 37.7 Å². The van der Waals surface area contributed by atoms with E-state index in [2.05, 4.69) is 10.1 Å². The summed E-state index contributed by atoms with van der Waals surface area (Å²) in [6, 6.07) is 5.99. The largest absolute Gasteiger partial charge is 0.489 e. The number of rotatable bonds is 8. The number of aromatic nitrogens is 2. The molecule has 1 aliphatic heterocycles. The number of aryl methyl sites for hydroxylation is 1. The van der Waals surface area contributed by atoms with Crippen molar-refractivity contribution in [2.75, 3.05) is 26.0 Å². The quantitative estimate of drug-likeness (QED) is 0.671. The molecule has 3 rings (SSSR count). The second-order valence-electron chi connectivity index (χ2n) is 6.40. The Bertz CT molecular complexity index is 873. The van der Waals surface area contributed by atoms with Gasteiger partial charge < -0.3 is 14.0 Å². The van der Waals surface area contributed by atoms with E-state index in [0.29, 0.717) is 24.6 Å². The number of hydrogen-bond acceptors (Lipinski definition) is 7. The normalized spacial score (nSPS) is 20.3. The Hall–Kier alpha value is -2.04. The van der Waals surface area contributed by atoms with Gasteiger partial charge in [0.05, 0.1) is 12.4 Å². The number of benzene rings is 1. The van der Waals surface area contributed by atoms with Gasteiger partial charge in [0.1, 0.15) is 12.7 Å². The van der Waals surface area contributed by atoms with Gasteiger partial charge in [-0.05, 0) is 31.9 Å². The molecule has 0 spiro atoms. The maximum atomic E-state index is 13.6. The van der Waals surface area contributed by atoms with Crippen LogP contribution in [0.4, 0.5) is 4.39 Å². The summed E-state index contributed by atoms with van der Waals surface area (Å²) < 4.78 is 55.4.